The maximum Gasteiger partial charge on any atom is 0.344 e. The number of nitrogens with two attached hydrogens (primary N) is 1. The van der Waals surface area contributed by atoms with Crippen LogP contribution < -0.4 is 20.8 Å². The molecule has 0 saturated heterocycles. The number of benzene rings is 3. The molecule has 1 aliphatic heterocycles. The number of aromatic hydroxyl groups is 1. The summed E-state index contributed by atoms with van der Waals surface area (Å²) in [6, 6.07) is 19.8. The van der Waals surface area contributed by atoms with Crippen LogP contribution in [0.25, 0.3) is 22.1 Å². The fraction of sp³-hybridized carbons (Fsp3) is 0.111. The summed E-state index contributed by atoms with van der Waals surface area (Å²) in [5.74, 6) is -0.147. The lowest BCUT2D eigenvalue weighted by Gasteiger charge is -2.26. The topological polar surface area (TPSA) is 119 Å². The van der Waals surface area contributed by atoms with Crippen molar-refractivity contribution in [2.24, 2.45) is 5.73 Å². The van der Waals surface area contributed by atoms with Gasteiger partial charge in [0.2, 0.25) is 5.88 Å². The Morgan fingerprint density at radius 3 is 2.62 bits per heavy atom. The molecular formula is C27H20N2O5. The highest BCUT2D eigenvalue weighted by molar-refractivity contribution is 5.87. The minimum Gasteiger partial charge on any atom is -0.508 e. The van der Waals surface area contributed by atoms with Crippen molar-refractivity contribution >= 4 is 11.0 Å². The van der Waals surface area contributed by atoms with Crippen LogP contribution in [0.3, 0.4) is 0 Å². The highest BCUT2D eigenvalue weighted by Crippen LogP contribution is 2.45. The van der Waals surface area contributed by atoms with Crippen molar-refractivity contribution in [3.8, 4) is 34.4 Å². The molecule has 0 saturated carbocycles. The van der Waals surface area contributed by atoms with E-state index in [1.54, 1.807) is 19.2 Å². The van der Waals surface area contributed by atoms with Crippen molar-refractivity contribution < 1.29 is 19.0 Å². The number of methoxy groups -OCH3 is 1. The standard InChI is InChI=1S/C27H20N2O5/c1-14-5-3-4-6-17(14)18-11-15(7-9-21(18)32-2)23-20(13-28)26(29)34-25-19-12-16(30)8-10-22(19)33-27(31)24(23)25/h3-12,23,30H,29H2,1-2H3. The number of ether oxygens (including phenoxy) is 2. The fourth-order valence-electron chi connectivity index (χ4n) is 4.43. The number of aryl methyl sites for hydroxylation is 1. The largest absolute Gasteiger partial charge is 0.508 e. The molecule has 1 aromatic heterocycles. The van der Waals surface area contributed by atoms with Crippen LogP contribution in [0.4, 0.5) is 0 Å². The normalized spacial score (nSPS) is 14.9. The second-order valence-electron chi connectivity index (χ2n) is 8.01. The Hall–Kier alpha value is -4.70. The number of fused-ring (bicyclic) bond motifs is 3. The average Bonchev–Trinajstić information content (AvgIpc) is 2.84. The van der Waals surface area contributed by atoms with Gasteiger partial charge in [0.1, 0.15) is 28.7 Å². The Morgan fingerprint density at radius 2 is 1.88 bits per heavy atom. The van der Waals surface area contributed by atoms with E-state index in [0.717, 1.165) is 16.7 Å². The van der Waals surface area contributed by atoms with Gasteiger partial charge in [0, 0.05) is 5.56 Å². The summed E-state index contributed by atoms with van der Waals surface area (Å²) in [6.07, 6.45) is 0. The second kappa shape index (κ2) is 8.01. The van der Waals surface area contributed by atoms with E-state index in [1.807, 2.05) is 37.3 Å². The quantitative estimate of drug-likeness (QED) is 0.433. The molecule has 1 atom stereocenters. The predicted octanol–water partition coefficient (Wildman–Crippen LogP) is 4.70. The summed E-state index contributed by atoms with van der Waals surface area (Å²) in [6.45, 7) is 2.00. The summed E-state index contributed by atoms with van der Waals surface area (Å²) in [5.41, 5.74) is 9.45. The lowest BCUT2D eigenvalue weighted by Crippen LogP contribution is -2.26. The van der Waals surface area contributed by atoms with E-state index in [2.05, 4.69) is 6.07 Å². The molecule has 7 nitrogen and oxygen atoms in total. The van der Waals surface area contributed by atoms with Crippen molar-refractivity contribution in [1.29, 1.82) is 5.26 Å². The lowest BCUT2D eigenvalue weighted by molar-refractivity contribution is 0.387. The maximum atomic E-state index is 13.1. The van der Waals surface area contributed by atoms with E-state index in [-0.39, 0.29) is 34.1 Å². The van der Waals surface area contributed by atoms with Gasteiger partial charge in [-0.1, -0.05) is 30.3 Å². The van der Waals surface area contributed by atoms with E-state index >= 15 is 0 Å². The molecule has 0 fully saturated rings. The van der Waals surface area contributed by atoms with Gasteiger partial charge in [-0.05, 0) is 53.9 Å². The van der Waals surface area contributed by atoms with Crippen LogP contribution in [0.5, 0.6) is 17.2 Å². The van der Waals surface area contributed by atoms with Crippen LogP contribution in [-0.2, 0) is 0 Å². The molecule has 3 N–H and O–H groups in total. The summed E-state index contributed by atoms with van der Waals surface area (Å²) in [7, 11) is 1.59. The molecule has 3 aromatic carbocycles. The van der Waals surface area contributed by atoms with Crippen LogP contribution in [0.2, 0.25) is 0 Å². The smallest absolute Gasteiger partial charge is 0.344 e. The Labute approximate surface area is 194 Å². The first-order valence-electron chi connectivity index (χ1n) is 10.5. The number of hydrogen-bond acceptors (Lipinski definition) is 7. The van der Waals surface area contributed by atoms with E-state index in [1.165, 1.54) is 18.2 Å². The second-order valence-corrected chi connectivity index (χ2v) is 8.01. The monoisotopic (exact) mass is 452 g/mol. The van der Waals surface area contributed by atoms with Crippen molar-refractivity contribution in [3.63, 3.8) is 0 Å². The minimum atomic E-state index is -0.828. The molecule has 1 aliphatic rings. The zero-order valence-corrected chi connectivity index (χ0v) is 18.5. The molecule has 0 aliphatic carbocycles. The first-order valence-corrected chi connectivity index (χ1v) is 10.5. The highest BCUT2D eigenvalue weighted by Gasteiger charge is 2.36. The number of rotatable bonds is 3. The third-order valence-electron chi connectivity index (χ3n) is 6.04. The molecule has 0 radical (unpaired) electrons. The predicted molar refractivity (Wildman–Crippen MR) is 127 cm³/mol. The Balaban J connectivity index is 1.81. The van der Waals surface area contributed by atoms with E-state index in [4.69, 9.17) is 19.6 Å². The van der Waals surface area contributed by atoms with E-state index in [0.29, 0.717) is 16.7 Å². The Kier molecular flexibility index (Phi) is 4.99. The molecule has 0 spiro atoms. The van der Waals surface area contributed by atoms with Gasteiger partial charge >= 0.3 is 5.63 Å². The zero-order chi connectivity index (χ0) is 24.0. The minimum absolute atomic E-state index is 0.0244. The molecular weight excluding hydrogens is 432 g/mol. The maximum absolute atomic E-state index is 13.1. The number of phenolic OH excluding ortho intramolecular Hbond substituents is 1. The van der Waals surface area contributed by atoms with Gasteiger partial charge in [-0.25, -0.2) is 4.79 Å². The van der Waals surface area contributed by atoms with Crippen molar-refractivity contribution in [2.45, 2.75) is 12.8 Å². The molecule has 4 aromatic rings. The number of nitrogens with zero attached hydrogens (tertiary/aromatic N) is 1. The number of nitriles is 1. The SMILES string of the molecule is COc1ccc(C2C(C#N)=C(N)Oc3c2c(=O)oc2ccc(O)cc32)cc1-c1ccccc1C. The summed E-state index contributed by atoms with van der Waals surface area (Å²) in [5, 5.41) is 20.3. The summed E-state index contributed by atoms with van der Waals surface area (Å²) in [4.78, 5) is 13.1. The van der Waals surface area contributed by atoms with Crippen LogP contribution in [0, 0.1) is 18.3 Å². The van der Waals surface area contributed by atoms with E-state index in [9.17, 15) is 15.2 Å². The molecule has 0 bridgehead atoms. The van der Waals surface area contributed by atoms with E-state index < -0.39 is 11.5 Å². The molecule has 0 amide bonds. The summed E-state index contributed by atoms with van der Waals surface area (Å²) >= 11 is 0. The van der Waals surface area contributed by atoms with Gasteiger partial charge in [-0.2, -0.15) is 5.26 Å². The van der Waals surface area contributed by atoms with Crippen LogP contribution >= 0.6 is 0 Å². The first kappa shape index (κ1) is 21.2. The van der Waals surface area contributed by atoms with Crippen LogP contribution in [0.15, 0.2) is 81.3 Å². The summed E-state index contributed by atoms with van der Waals surface area (Å²) < 4.78 is 16.9. The van der Waals surface area contributed by atoms with Gasteiger partial charge in [0.05, 0.1) is 24.0 Å². The number of hydrogen-bond donors (Lipinski definition) is 2. The lowest BCUT2D eigenvalue weighted by atomic mass is 9.82. The Morgan fingerprint density at radius 1 is 1.09 bits per heavy atom. The van der Waals surface area contributed by atoms with Gasteiger partial charge in [-0.3, -0.25) is 0 Å². The van der Waals surface area contributed by atoms with Crippen molar-refractivity contribution in [3.05, 3.63) is 99.2 Å². The number of allylic oxidation sites excluding steroid dienone is 1. The van der Waals surface area contributed by atoms with Crippen molar-refractivity contribution in [2.75, 3.05) is 7.11 Å². The molecule has 2 heterocycles. The van der Waals surface area contributed by atoms with Gasteiger partial charge < -0.3 is 24.7 Å². The molecule has 7 heteroatoms. The Bertz CT molecular complexity index is 1590. The number of phenols is 1. The van der Waals surface area contributed by atoms with Crippen LogP contribution in [-0.4, -0.2) is 12.2 Å². The zero-order valence-electron chi connectivity index (χ0n) is 18.5. The third-order valence-corrected chi connectivity index (χ3v) is 6.04. The van der Waals surface area contributed by atoms with Gasteiger partial charge in [-0.15, -0.1) is 0 Å². The average molecular weight is 452 g/mol. The van der Waals surface area contributed by atoms with Gasteiger partial charge in [0.15, 0.2) is 5.75 Å². The third kappa shape index (κ3) is 3.24. The van der Waals surface area contributed by atoms with Gasteiger partial charge in [0.25, 0.3) is 0 Å². The van der Waals surface area contributed by atoms with Crippen molar-refractivity contribution in [1.82, 2.24) is 0 Å². The first-order chi connectivity index (χ1) is 16.4. The fourth-order valence-corrected chi connectivity index (χ4v) is 4.43. The highest BCUT2D eigenvalue weighted by atomic mass is 16.5. The molecule has 1 unspecified atom stereocenters. The molecule has 5 rings (SSSR count). The van der Waals surface area contributed by atoms with Crippen LogP contribution in [0.1, 0.15) is 22.6 Å². The molecule has 168 valence electrons. The molecule has 34 heavy (non-hydrogen) atoms.